The van der Waals surface area contributed by atoms with E-state index in [9.17, 15) is 5.11 Å². The van der Waals surface area contributed by atoms with Gasteiger partial charge in [-0.05, 0) is 47.0 Å². The fourth-order valence-corrected chi connectivity index (χ4v) is 2.51. The molecule has 0 heterocycles. The number of unbranched alkanes of at least 4 members (excludes halogenated alkanes) is 2. The highest BCUT2D eigenvalue weighted by molar-refractivity contribution is 4.94. The van der Waals surface area contributed by atoms with Gasteiger partial charge >= 0.3 is 0 Å². The van der Waals surface area contributed by atoms with Crippen molar-refractivity contribution in [1.82, 2.24) is 5.32 Å². The van der Waals surface area contributed by atoms with Crippen LogP contribution in [0.2, 0.25) is 0 Å². The first-order chi connectivity index (χ1) is 11.2. The third-order valence-corrected chi connectivity index (χ3v) is 4.29. The van der Waals surface area contributed by atoms with Crippen LogP contribution in [0.4, 0.5) is 0 Å². The zero-order chi connectivity index (χ0) is 18.6. The molecule has 24 heavy (non-hydrogen) atoms. The van der Waals surface area contributed by atoms with E-state index in [1.165, 1.54) is 19.3 Å². The predicted molar refractivity (Wildman–Crippen MR) is 102 cm³/mol. The Morgan fingerprint density at radius 2 is 1.88 bits per heavy atom. The summed E-state index contributed by atoms with van der Waals surface area (Å²) in [6.07, 6.45) is 6.13. The summed E-state index contributed by atoms with van der Waals surface area (Å²) in [5.41, 5.74) is 0.463. The molecule has 2 unspecified atom stereocenters. The molecular formula is C20H41NO3. The lowest BCUT2D eigenvalue weighted by atomic mass is 9.96. The highest BCUT2D eigenvalue weighted by Gasteiger charge is 2.21. The number of nitrogens with one attached hydrogen (secondary N) is 1. The normalized spacial score (nSPS) is 14.7. The number of ether oxygens (including phenoxy) is 2. The summed E-state index contributed by atoms with van der Waals surface area (Å²) in [4.78, 5) is 0. The Labute approximate surface area is 150 Å². The lowest BCUT2D eigenvalue weighted by molar-refractivity contribution is -0.0417. The second-order valence-corrected chi connectivity index (χ2v) is 7.57. The summed E-state index contributed by atoms with van der Waals surface area (Å²) in [7, 11) is 0. The summed E-state index contributed by atoms with van der Waals surface area (Å²) in [6, 6.07) is 0. The van der Waals surface area contributed by atoms with Crippen LogP contribution in [0.3, 0.4) is 0 Å². The van der Waals surface area contributed by atoms with E-state index in [2.05, 4.69) is 39.6 Å². The maximum atomic E-state index is 10.4. The van der Waals surface area contributed by atoms with Crippen LogP contribution in [0, 0.1) is 5.92 Å². The largest absolute Gasteiger partial charge is 0.379 e. The standard InChI is InChI=1S/C20H41NO3/c1-8-10-11-12-18(9-2)19(22)21-17(5)15-24-20(6,7)13-14-23-16(3)4/h16,18-19,21-22H,5,8-15H2,1-4,6-7H3. The molecule has 0 amide bonds. The van der Waals surface area contributed by atoms with Crippen LogP contribution in [0.15, 0.2) is 12.3 Å². The predicted octanol–water partition coefficient (Wildman–Crippen LogP) is 4.62. The molecule has 0 rings (SSSR count). The average Bonchev–Trinajstić information content (AvgIpc) is 2.49. The van der Waals surface area contributed by atoms with Crippen LogP contribution < -0.4 is 5.32 Å². The van der Waals surface area contributed by atoms with Crippen molar-refractivity contribution >= 4 is 0 Å². The molecular weight excluding hydrogens is 302 g/mol. The molecule has 0 aliphatic heterocycles. The van der Waals surface area contributed by atoms with Gasteiger partial charge in [0.15, 0.2) is 0 Å². The van der Waals surface area contributed by atoms with Crippen LogP contribution in [0.1, 0.15) is 80.1 Å². The maximum absolute atomic E-state index is 10.4. The smallest absolute Gasteiger partial charge is 0.127 e. The third kappa shape index (κ3) is 11.9. The van der Waals surface area contributed by atoms with Gasteiger partial charge in [-0.25, -0.2) is 0 Å². The maximum Gasteiger partial charge on any atom is 0.127 e. The zero-order valence-corrected chi connectivity index (χ0v) is 16.9. The Bertz CT molecular complexity index is 329. The lowest BCUT2D eigenvalue weighted by Crippen LogP contribution is -2.37. The fourth-order valence-electron chi connectivity index (χ4n) is 2.51. The SMILES string of the molecule is C=C(COC(C)(C)CCOC(C)C)NC(O)C(CC)CCCCC. The molecule has 0 aromatic heterocycles. The van der Waals surface area contributed by atoms with Gasteiger partial charge in [-0.3, -0.25) is 0 Å². The van der Waals surface area contributed by atoms with E-state index >= 15 is 0 Å². The van der Waals surface area contributed by atoms with Gasteiger partial charge < -0.3 is 19.9 Å². The van der Waals surface area contributed by atoms with Gasteiger partial charge in [-0.1, -0.05) is 39.7 Å². The number of aliphatic hydroxyl groups excluding tert-OH is 1. The number of hydrogen-bond acceptors (Lipinski definition) is 4. The molecule has 0 saturated carbocycles. The van der Waals surface area contributed by atoms with E-state index in [-0.39, 0.29) is 17.6 Å². The summed E-state index contributed by atoms with van der Waals surface area (Å²) in [5.74, 6) is 0.265. The van der Waals surface area contributed by atoms with Gasteiger partial charge in [0.2, 0.25) is 0 Å². The zero-order valence-electron chi connectivity index (χ0n) is 16.9. The molecule has 4 heteroatoms. The molecule has 0 aliphatic rings. The molecule has 0 aliphatic carbocycles. The van der Waals surface area contributed by atoms with Crippen molar-refractivity contribution in [1.29, 1.82) is 0 Å². The van der Waals surface area contributed by atoms with Gasteiger partial charge in [-0.2, -0.15) is 0 Å². The van der Waals surface area contributed by atoms with Crippen molar-refractivity contribution < 1.29 is 14.6 Å². The van der Waals surface area contributed by atoms with Gasteiger partial charge in [0.05, 0.1) is 18.3 Å². The lowest BCUT2D eigenvalue weighted by Gasteiger charge is -2.28. The van der Waals surface area contributed by atoms with Gasteiger partial charge in [0, 0.05) is 18.2 Å². The molecule has 0 bridgehead atoms. The first-order valence-corrected chi connectivity index (χ1v) is 9.59. The molecule has 2 N–H and O–H groups in total. The van der Waals surface area contributed by atoms with Gasteiger partial charge in [0.1, 0.15) is 6.23 Å². The Balaban J connectivity index is 4.12. The number of aliphatic hydroxyl groups is 1. The minimum absolute atomic E-state index is 0.242. The molecule has 0 spiro atoms. The summed E-state index contributed by atoms with van der Waals surface area (Å²) < 4.78 is 11.5. The van der Waals surface area contributed by atoms with Crippen LogP contribution in [0.25, 0.3) is 0 Å². The summed E-state index contributed by atoms with van der Waals surface area (Å²) in [6.45, 7) is 17.6. The Morgan fingerprint density at radius 1 is 1.21 bits per heavy atom. The topological polar surface area (TPSA) is 50.7 Å². The second kappa shape index (κ2) is 12.7. The number of hydrogen-bond donors (Lipinski definition) is 2. The van der Waals surface area contributed by atoms with Gasteiger partial charge in [-0.15, -0.1) is 0 Å². The van der Waals surface area contributed by atoms with Crippen LogP contribution in [0.5, 0.6) is 0 Å². The number of rotatable bonds is 15. The van der Waals surface area contributed by atoms with E-state index in [1.807, 2.05) is 13.8 Å². The first-order valence-electron chi connectivity index (χ1n) is 9.59. The van der Waals surface area contributed by atoms with Crippen molar-refractivity contribution in [3.05, 3.63) is 12.3 Å². The minimum atomic E-state index is -0.546. The highest BCUT2D eigenvalue weighted by atomic mass is 16.5. The van der Waals surface area contributed by atoms with Crippen LogP contribution in [-0.4, -0.2) is 36.3 Å². The minimum Gasteiger partial charge on any atom is -0.379 e. The van der Waals surface area contributed by atoms with E-state index in [4.69, 9.17) is 9.47 Å². The molecule has 0 radical (unpaired) electrons. The fraction of sp³-hybridized carbons (Fsp3) is 0.900. The Hall–Kier alpha value is -0.580. The van der Waals surface area contributed by atoms with Crippen molar-refractivity contribution in [2.24, 2.45) is 5.92 Å². The second-order valence-electron chi connectivity index (χ2n) is 7.57. The Kier molecular flexibility index (Phi) is 12.4. The van der Waals surface area contributed by atoms with Crippen molar-refractivity contribution in [3.8, 4) is 0 Å². The highest BCUT2D eigenvalue weighted by Crippen LogP contribution is 2.18. The van der Waals surface area contributed by atoms with Crippen molar-refractivity contribution in [2.75, 3.05) is 13.2 Å². The molecule has 4 nitrogen and oxygen atoms in total. The average molecular weight is 344 g/mol. The summed E-state index contributed by atoms with van der Waals surface area (Å²) >= 11 is 0. The third-order valence-electron chi connectivity index (χ3n) is 4.29. The monoisotopic (exact) mass is 343 g/mol. The Morgan fingerprint density at radius 3 is 2.42 bits per heavy atom. The van der Waals surface area contributed by atoms with Gasteiger partial charge in [0.25, 0.3) is 0 Å². The van der Waals surface area contributed by atoms with E-state index in [1.54, 1.807) is 0 Å². The molecule has 0 aromatic rings. The van der Waals surface area contributed by atoms with E-state index < -0.39 is 6.23 Å². The quantitative estimate of drug-likeness (QED) is 0.336. The molecule has 2 atom stereocenters. The van der Waals surface area contributed by atoms with Crippen LogP contribution in [-0.2, 0) is 9.47 Å². The van der Waals surface area contributed by atoms with Crippen molar-refractivity contribution in [3.63, 3.8) is 0 Å². The van der Waals surface area contributed by atoms with E-state index in [0.717, 1.165) is 25.0 Å². The molecule has 0 saturated heterocycles. The first kappa shape index (κ1) is 23.4. The molecule has 0 fully saturated rings. The van der Waals surface area contributed by atoms with E-state index in [0.29, 0.717) is 13.2 Å². The van der Waals surface area contributed by atoms with Crippen LogP contribution >= 0.6 is 0 Å². The van der Waals surface area contributed by atoms with Crippen molar-refractivity contribution in [2.45, 2.75) is 98.0 Å². The molecule has 0 aromatic carbocycles. The summed E-state index contributed by atoms with van der Waals surface area (Å²) in [5, 5.41) is 13.5. The molecule has 144 valence electrons.